The van der Waals surface area contributed by atoms with Crippen LogP contribution >= 0.6 is 0 Å². The Morgan fingerprint density at radius 2 is 1.90 bits per heavy atom. The molecule has 10 heteroatoms. The van der Waals surface area contributed by atoms with Crippen LogP contribution in [0.4, 0.5) is 5.69 Å². The Kier molecular flexibility index (Phi) is 7.40. The molecule has 2 rings (SSSR count). The topological polar surface area (TPSA) is 139 Å². The molecule has 0 saturated carbocycles. The van der Waals surface area contributed by atoms with Gasteiger partial charge in [-0.2, -0.15) is 0 Å². The van der Waals surface area contributed by atoms with Crippen molar-refractivity contribution >= 4 is 17.6 Å². The van der Waals surface area contributed by atoms with E-state index >= 15 is 0 Å². The summed E-state index contributed by atoms with van der Waals surface area (Å²) in [5.74, 6) is -2.44. The van der Waals surface area contributed by atoms with Gasteiger partial charge in [-0.05, 0) is 19.4 Å². The Morgan fingerprint density at radius 3 is 2.50 bits per heavy atom. The van der Waals surface area contributed by atoms with Crippen LogP contribution in [0.1, 0.15) is 38.2 Å². The molecule has 0 N–H and O–H groups in total. The standard InChI is InChI=1S/C20H22N2O8/c1-3-29-17(23)9-6-11-20(22(27)28)12-10-16(19(24)30-4-2)18(20)14-7-5-8-15(13-14)21(25)26/h5-10,13,18H,3-4,11-12H2,1-2H3/b9-6+/t18-,20+/m1/s1. The molecule has 0 aromatic heterocycles. The summed E-state index contributed by atoms with van der Waals surface area (Å²) in [6, 6.07) is 5.40. The summed E-state index contributed by atoms with van der Waals surface area (Å²) < 4.78 is 9.83. The van der Waals surface area contributed by atoms with E-state index in [4.69, 9.17) is 9.47 Å². The number of carbonyl (C=O) groups is 2. The molecule has 0 saturated heterocycles. The van der Waals surface area contributed by atoms with Crippen LogP contribution in [0.25, 0.3) is 0 Å². The molecule has 1 aliphatic carbocycles. The highest BCUT2D eigenvalue weighted by atomic mass is 16.6. The highest BCUT2D eigenvalue weighted by Gasteiger charge is 2.56. The largest absolute Gasteiger partial charge is 0.463 e. The van der Waals surface area contributed by atoms with Crippen molar-refractivity contribution in [1.29, 1.82) is 0 Å². The van der Waals surface area contributed by atoms with Crippen LogP contribution in [0.15, 0.2) is 48.1 Å². The van der Waals surface area contributed by atoms with Crippen molar-refractivity contribution in [2.24, 2.45) is 0 Å². The minimum absolute atomic E-state index is 0.0681. The summed E-state index contributed by atoms with van der Waals surface area (Å²) >= 11 is 0. The van der Waals surface area contributed by atoms with E-state index in [0.717, 1.165) is 6.08 Å². The summed E-state index contributed by atoms with van der Waals surface area (Å²) in [4.78, 5) is 46.3. The van der Waals surface area contributed by atoms with Crippen LogP contribution in [0.3, 0.4) is 0 Å². The Balaban J connectivity index is 2.53. The fourth-order valence-electron chi connectivity index (χ4n) is 3.54. The average molecular weight is 418 g/mol. The second kappa shape index (κ2) is 9.77. The van der Waals surface area contributed by atoms with Gasteiger partial charge >= 0.3 is 11.9 Å². The maximum absolute atomic E-state index is 12.5. The summed E-state index contributed by atoms with van der Waals surface area (Å²) in [6.07, 6.45) is 3.57. The molecule has 1 aromatic carbocycles. The Labute approximate surface area is 172 Å². The van der Waals surface area contributed by atoms with Gasteiger partial charge in [0.2, 0.25) is 5.54 Å². The van der Waals surface area contributed by atoms with Crippen LogP contribution in [0.5, 0.6) is 0 Å². The molecule has 0 aliphatic heterocycles. The third-order valence-corrected chi connectivity index (χ3v) is 4.82. The molecule has 0 fully saturated rings. The number of ether oxygens (including phenoxy) is 2. The first kappa shape index (κ1) is 22.7. The molecule has 0 spiro atoms. The van der Waals surface area contributed by atoms with E-state index in [2.05, 4.69) is 0 Å². The molecule has 1 aliphatic rings. The second-order valence-corrected chi connectivity index (χ2v) is 6.59. The van der Waals surface area contributed by atoms with Crippen LogP contribution in [-0.4, -0.2) is 40.5 Å². The molecule has 1 aromatic rings. The van der Waals surface area contributed by atoms with E-state index in [9.17, 15) is 29.8 Å². The Morgan fingerprint density at radius 1 is 1.20 bits per heavy atom. The van der Waals surface area contributed by atoms with Crippen molar-refractivity contribution in [3.05, 3.63) is 73.9 Å². The summed E-state index contributed by atoms with van der Waals surface area (Å²) in [6.45, 7) is 3.48. The lowest BCUT2D eigenvalue weighted by atomic mass is 9.76. The van der Waals surface area contributed by atoms with Crippen LogP contribution in [-0.2, 0) is 19.1 Å². The van der Waals surface area contributed by atoms with Gasteiger partial charge in [-0.25, -0.2) is 9.59 Å². The SMILES string of the molecule is CCOC(=O)/C=C/C[C@]1([N+](=O)[O-])CC=C(C(=O)OCC)[C@H]1c1cccc([N+](=O)[O-])c1. The van der Waals surface area contributed by atoms with Crippen molar-refractivity contribution < 1.29 is 28.9 Å². The maximum Gasteiger partial charge on any atom is 0.334 e. The molecule has 0 heterocycles. The number of benzene rings is 1. The van der Waals surface area contributed by atoms with Crippen molar-refractivity contribution in [3.8, 4) is 0 Å². The fraction of sp³-hybridized carbons (Fsp3) is 0.400. The molecular weight excluding hydrogens is 396 g/mol. The van der Waals surface area contributed by atoms with Gasteiger partial charge in [-0.15, -0.1) is 0 Å². The Bertz CT molecular complexity index is 908. The summed E-state index contributed by atoms with van der Waals surface area (Å²) in [7, 11) is 0. The van der Waals surface area contributed by atoms with Gasteiger partial charge in [0.1, 0.15) is 0 Å². The minimum Gasteiger partial charge on any atom is -0.463 e. The van der Waals surface area contributed by atoms with E-state index in [0.29, 0.717) is 0 Å². The zero-order valence-electron chi connectivity index (χ0n) is 16.6. The number of rotatable bonds is 9. The van der Waals surface area contributed by atoms with E-state index in [1.54, 1.807) is 13.8 Å². The zero-order chi connectivity index (χ0) is 22.3. The third-order valence-electron chi connectivity index (χ3n) is 4.82. The number of nitrogens with zero attached hydrogens (tertiary/aromatic N) is 2. The number of nitro groups is 2. The van der Waals surface area contributed by atoms with Gasteiger partial charge in [0.05, 0.1) is 24.1 Å². The maximum atomic E-state index is 12.5. The first-order chi connectivity index (χ1) is 14.3. The lowest BCUT2D eigenvalue weighted by molar-refractivity contribution is -0.570. The van der Waals surface area contributed by atoms with Gasteiger partial charge in [0.15, 0.2) is 0 Å². The van der Waals surface area contributed by atoms with Crippen LogP contribution < -0.4 is 0 Å². The minimum atomic E-state index is -1.71. The lowest BCUT2D eigenvalue weighted by Crippen LogP contribution is -2.42. The van der Waals surface area contributed by atoms with E-state index < -0.39 is 33.2 Å². The van der Waals surface area contributed by atoms with Gasteiger partial charge in [0, 0.05) is 41.5 Å². The predicted octanol–water partition coefficient (Wildman–Crippen LogP) is 3.10. The van der Waals surface area contributed by atoms with Crippen LogP contribution in [0.2, 0.25) is 0 Å². The normalized spacial score (nSPS) is 20.6. The lowest BCUT2D eigenvalue weighted by Gasteiger charge is -2.28. The quantitative estimate of drug-likeness (QED) is 0.258. The van der Waals surface area contributed by atoms with Crippen molar-refractivity contribution in [2.75, 3.05) is 13.2 Å². The molecule has 0 amide bonds. The number of hydrogen-bond donors (Lipinski definition) is 0. The molecular formula is C20H22N2O8. The summed E-state index contributed by atoms with van der Waals surface area (Å²) in [5.41, 5.74) is -1.64. The second-order valence-electron chi connectivity index (χ2n) is 6.59. The van der Waals surface area contributed by atoms with E-state index in [1.807, 2.05) is 0 Å². The zero-order valence-corrected chi connectivity index (χ0v) is 16.6. The van der Waals surface area contributed by atoms with E-state index in [1.165, 1.54) is 36.4 Å². The molecule has 2 atom stereocenters. The van der Waals surface area contributed by atoms with Gasteiger partial charge in [-0.1, -0.05) is 24.3 Å². The third kappa shape index (κ3) is 4.70. The highest BCUT2D eigenvalue weighted by molar-refractivity contribution is 5.91. The first-order valence-corrected chi connectivity index (χ1v) is 9.36. The number of non-ortho nitro benzene ring substituents is 1. The number of esters is 2. The highest BCUT2D eigenvalue weighted by Crippen LogP contribution is 2.48. The molecule has 30 heavy (non-hydrogen) atoms. The predicted molar refractivity (Wildman–Crippen MR) is 105 cm³/mol. The number of carbonyl (C=O) groups excluding carboxylic acids is 2. The molecule has 10 nitrogen and oxygen atoms in total. The van der Waals surface area contributed by atoms with Gasteiger partial charge in [0.25, 0.3) is 5.69 Å². The van der Waals surface area contributed by atoms with Gasteiger partial charge < -0.3 is 9.47 Å². The Hall–Kier alpha value is -3.56. The van der Waals surface area contributed by atoms with Gasteiger partial charge in [-0.3, -0.25) is 20.2 Å². The number of nitro benzene ring substituents is 1. The molecule has 0 bridgehead atoms. The monoisotopic (exact) mass is 418 g/mol. The molecule has 0 unspecified atom stereocenters. The molecule has 0 radical (unpaired) electrons. The first-order valence-electron chi connectivity index (χ1n) is 9.36. The average Bonchev–Trinajstić information content (AvgIpc) is 3.09. The van der Waals surface area contributed by atoms with Crippen molar-refractivity contribution in [1.82, 2.24) is 0 Å². The fourth-order valence-corrected chi connectivity index (χ4v) is 3.54. The van der Waals surface area contributed by atoms with Crippen molar-refractivity contribution in [2.45, 2.75) is 38.1 Å². The number of hydrogen-bond acceptors (Lipinski definition) is 8. The van der Waals surface area contributed by atoms with Crippen LogP contribution in [0, 0.1) is 20.2 Å². The smallest absolute Gasteiger partial charge is 0.334 e. The van der Waals surface area contributed by atoms with Crippen molar-refractivity contribution in [3.63, 3.8) is 0 Å². The summed E-state index contributed by atoms with van der Waals surface area (Å²) in [5, 5.41) is 23.4. The van der Waals surface area contributed by atoms with E-state index in [-0.39, 0.29) is 42.9 Å². The molecule has 160 valence electrons.